The SMILES string of the molecule is CCC(=NCCN(CC)CC)C1C(=O)NC(=O)NC1=O. The summed E-state index contributed by atoms with van der Waals surface area (Å²) < 4.78 is 0. The molecule has 7 nitrogen and oxygen atoms in total. The Labute approximate surface area is 118 Å². The lowest BCUT2D eigenvalue weighted by molar-refractivity contribution is -0.132. The van der Waals surface area contributed by atoms with Crippen LogP contribution in [-0.4, -0.2) is 54.6 Å². The molecule has 0 bridgehead atoms. The summed E-state index contributed by atoms with van der Waals surface area (Å²) in [5.74, 6) is -2.18. The van der Waals surface area contributed by atoms with Crippen LogP contribution in [0.3, 0.4) is 0 Å². The Kier molecular flexibility index (Phi) is 6.30. The molecule has 7 heteroatoms. The van der Waals surface area contributed by atoms with Crippen molar-refractivity contribution in [2.24, 2.45) is 10.9 Å². The summed E-state index contributed by atoms with van der Waals surface area (Å²) >= 11 is 0. The summed E-state index contributed by atoms with van der Waals surface area (Å²) in [5.41, 5.74) is 0.514. The zero-order valence-electron chi connectivity index (χ0n) is 12.2. The molecule has 0 aromatic heterocycles. The molecule has 1 aliphatic heterocycles. The molecule has 2 N–H and O–H groups in total. The Hall–Kier alpha value is -1.76. The maximum Gasteiger partial charge on any atom is 0.328 e. The van der Waals surface area contributed by atoms with Crippen LogP contribution in [0, 0.1) is 5.92 Å². The highest BCUT2D eigenvalue weighted by Crippen LogP contribution is 2.08. The van der Waals surface area contributed by atoms with Gasteiger partial charge < -0.3 is 4.90 Å². The van der Waals surface area contributed by atoms with Crippen molar-refractivity contribution in [3.8, 4) is 0 Å². The molecule has 1 rings (SSSR count). The molecule has 0 aromatic carbocycles. The zero-order valence-corrected chi connectivity index (χ0v) is 12.2. The van der Waals surface area contributed by atoms with Crippen molar-refractivity contribution in [1.29, 1.82) is 0 Å². The molecule has 4 amide bonds. The van der Waals surface area contributed by atoms with Crippen molar-refractivity contribution < 1.29 is 14.4 Å². The number of aliphatic imine (C=N–C) groups is 1. The molecular formula is C13H22N4O3. The average Bonchev–Trinajstić information content (AvgIpc) is 2.40. The van der Waals surface area contributed by atoms with Crippen LogP contribution in [0.5, 0.6) is 0 Å². The molecule has 20 heavy (non-hydrogen) atoms. The third-order valence-corrected chi connectivity index (χ3v) is 3.32. The van der Waals surface area contributed by atoms with E-state index in [1.807, 2.05) is 6.92 Å². The zero-order chi connectivity index (χ0) is 15.1. The van der Waals surface area contributed by atoms with Crippen LogP contribution in [0.2, 0.25) is 0 Å². The van der Waals surface area contributed by atoms with Crippen LogP contribution in [-0.2, 0) is 9.59 Å². The van der Waals surface area contributed by atoms with Crippen LogP contribution in [0.15, 0.2) is 4.99 Å². The summed E-state index contributed by atoms with van der Waals surface area (Å²) in [6.45, 7) is 9.18. The van der Waals surface area contributed by atoms with Gasteiger partial charge in [0.1, 0.15) is 0 Å². The Morgan fingerprint density at radius 3 is 2.10 bits per heavy atom. The maximum atomic E-state index is 11.7. The molecule has 0 aliphatic carbocycles. The van der Waals surface area contributed by atoms with E-state index in [9.17, 15) is 14.4 Å². The smallest absolute Gasteiger partial charge is 0.302 e. The second-order valence-electron chi connectivity index (χ2n) is 4.49. The van der Waals surface area contributed by atoms with Gasteiger partial charge in [0.15, 0.2) is 5.92 Å². The predicted octanol–water partition coefficient (Wildman–Crippen LogP) is 0.161. The first-order valence-electron chi connectivity index (χ1n) is 6.94. The van der Waals surface area contributed by atoms with E-state index >= 15 is 0 Å². The average molecular weight is 282 g/mol. The second-order valence-corrected chi connectivity index (χ2v) is 4.49. The van der Waals surface area contributed by atoms with E-state index < -0.39 is 23.8 Å². The third-order valence-electron chi connectivity index (χ3n) is 3.32. The van der Waals surface area contributed by atoms with Gasteiger partial charge in [0.05, 0.1) is 6.54 Å². The number of hydrogen-bond donors (Lipinski definition) is 2. The molecule has 0 spiro atoms. The van der Waals surface area contributed by atoms with Gasteiger partial charge in [-0.25, -0.2) is 4.79 Å². The predicted molar refractivity (Wildman–Crippen MR) is 75.6 cm³/mol. The van der Waals surface area contributed by atoms with Crippen molar-refractivity contribution in [1.82, 2.24) is 15.5 Å². The molecule has 1 fully saturated rings. The monoisotopic (exact) mass is 282 g/mol. The van der Waals surface area contributed by atoms with Crippen LogP contribution < -0.4 is 10.6 Å². The van der Waals surface area contributed by atoms with Crippen molar-refractivity contribution in [3.63, 3.8) is 0 Å². The lowest BCUT2D eigenvalue weighted by atomic mass is 9.97. The van der Waals surface area contributed by atoms with Gasteiger partial charge in [-0.15, -0.1) is 0 Å². The van der Waals surface area contributed by atoms with Crippen LogP contribution in [0.1, 0.15) is 27.2 Å². The molecule has 0 unspecified atom stereocenters. The number of barbiturate groups is 1. The minimum Gasteiger partial charge on any atom is -0.302 e. The number of nitrogens with zero attached hydrogens (tertiary/aromatic N) is 2. The molecule has 0 radical (unpaired) electrons. The fourth-order valence-corrected chi connectivity index (χ4v) is 2.10. The first-order chi connectivity index (χ1) is 9.53. The molecule has 1 aliphatic rings. The molecule has 0 saturated carbocycles. The number of urea groups is 1. The minimum atomic E-state index is -0.991. The Balaban J connectivity index is 2.71. The first kappa shape index (κ1) is 16.3. The summed E-state index contributed by atoms with van der Waals surface area (Å²) in [6, 6.07) is -0.769. The maximum absolute atomic E-state index is 11.7. The number of amides is 4. The first-order valence-corrected chi connectivity index (χ1v) is 6.94. The number of imide groups is 2. The topological polar surface area (TPSA) is 90.9 Å². The van der Waals surface area contributed by atoms with Gasteiger partial charge in [-0.2, -0.15) is 0 Å². The van der Waals surface area contributed by atoms with E-state index in [0.717, 1.165) is 19.6 Å². The van der Waals surface area contributed by atoms with Gasteiger partial charge in [0.25, 0.3) is 0 Å². The Morgan fingerprint density at radius 2 is 1.65 bits per heavy atom. The highest BCUT2D eigenvalue weighted by atomic mass is 16.2. The Bertz CT molecular complexity index is 396. The van der Waals surface area contributed by atoms with E-state index in [4.69, 9.17) is 0 Å². The molecular weight excluding hydrogens is 260 g/mol. The van der Waals surface area contributed by atoms with Crippen molar-refractivity contribution in [2.45, 2.75) is 27.2 Å². The standard InChI is InChI=1S/C13H22N4O3/c1-4-9(14-7-8-17(5-2)6-3)10-11(18)15-13(20)16-12(10)19/h10H,4-8H2,1-3H3,(H2,15,16,18,19,20). The van der Waals surface area contributed by atoms with Crippen LogP contribution in [0.4, 0.5) is 4.79 Å². The highest BCUT2D eigenvalue weighted by molar-refractivity contribution is 6.27. The van der Waals surface area contributed by atoms with Crippen LogP contribution in [0.25, 0.3) is 0 Å². The van der Waals surface area contributed by atoms with Crippen molar-refractivity contribution >= 4 is 23.6 Å². The summed E-state index contributed by atoms with van der Waals surface area (Å²) in [6.07, 6.45) is 0.498. The number of nitrogens with one attached hydrogen (secondary N) is 2. The van der Waals surface area contributed by atoms with Gasteiger partial charge >= 0.3 is 6.03 Å². The van der Waals surface area contributed by atoms with Gasteiger partial charge in [-0.3, -0.25) is 25.2 Å². The summed E-state index contributed by atoms with van der Waals surface area (Å²) in [5, 5.41) is 4.19. The Morgan fingerprint density at radius 1 is 1.10 bits per heavy atom. The number of carbonyl (C=O) groups is 3. The van der Waals surface area contributed by atoms with Gasteiger partial charge in [-0.1, -0.05) is 20.8 Å². The largest absolute Gasteiger partial charge is 0.328 e. The van der Waals surface area contributed by atoms with Crippen molar-refractivity contribution in [2.75, 3.05) is 26.2 Å². The second kappa shape index (κ2) is 7.74. The number of hydrogen-bond acceptors (Lipinski definition) is 5. The van der Waals surface area contributed by atoms with Gasteiger partial charge in [-0.05, 0) is 19.5 Å². The molecule has 1 heterocycles. The number of rotatable bonds is 7. The summed E-state index contributed by atoms with van der Waals surface area (Å²) in [7, 11) is 0. The third kappa shape index (κ3) is 4.12. The quantitative estimate of drug-likeness (QED) is 0.514. The molecule has 1 saturated heterocycles. The highest BCUT2D eigenvalue weighted by Gasteiger charge is 2.37. The van der Waals surface area contributed by atoms with E-state index in [-0.39, 0.29) is 0 Å². The lowest BCUT2D eigenvalue weighted by Gasteiger charge is -2.22. The normalized spacial score (nSPS) is 17.4. The minimum absolute atomic E-state index is 0.498. The van der Waals surface area contributed by atoms with E-state index in [0.29, 0.717) is 18.7 Å². The van der Waals surface area contributed by atoms with Crippen molar-refractivity contribution in [3.05, 3.63) is 0 Å². The molecule has 0 atom stereocenters. The molecule has 112 valence electrons. The molecule has 0 aromatic rings. The van der Waals surface area contributed by atoms with Gasteiger partial charge in [0, 0.05) is 12.3 Å². The van der Waals surface area contributed by atoms with E-state index in [2.05, 4.69) is 34.4 Å². The number of carbonyl (C=O) groups excluding carboxylic acids is 3. The van der Waals surface area contributed by atoms with E-state index in [1.54, 1.807) is 0 Å². The fraction of sp³-hybridized carbons (Fsp3) is 0.692. The van der Waals surface area contributed by atoms with E-state index in [1.165, 1.54) is 0 Å². The van der Waals surface area contributed by atoms with Gasteiger partial charge in [0.2, 0.25) is 11.8 Å². The lowest BCUT2D eigenvalue weighted by Crippen LogP contribution is -2.57. The summed E-state index contributed by atoms with van der Waals surface area (Å²) in [4.78, 5) is 41.1. The fourth-order valence-electron chi connectivity index (χ4n) is 2.10. The van der Waals surface area contributed by atoms with Crippen LogP contribution >= 0.6 is 0 Å². The number of likely N-dealkylation sites (N-methyl/N-ethyl adjacent to an activating group) is 1.